The summed E-state index contributed by atoms with van der Waals surface area (Å²) in [6, 6.07) is 12.2. The van der Waals surface area contributed by atoms with E-state index in [4.69, 9.17) is 9.47 Å². The molecule has 1 heterocycles. The molecule has 0 unspecified atom stereocenters. The van der Waals surface area contributed by atoms with Gasteiger partial charge in [0.25, 0.3) is 5.91 Å². The van der Waals surface area contributed by atoms with Crippen LogP contribution in [0.4, 0.5) is 0 Å². The smallest absolute Gasteiger partial charge is 0.266 e. The average Bonchev–Trinajstić information content (AvgIpc) is 3.03. The maximum atomic E-state index is 13.1. The maximum Gasteiger partial charge on any atom is 0.266 e. The van der Waals surface area contributed by atoms with Gasteiger partial charge in [0.15, 0.2) is 16.7 Å². The number of nitrogens with zero attached hydrogens (tertiary/aromatic N) is 2. The number of carbonyl (C=O) groups is 1. The third kappa shape index (κ3) is 6.42. The second-order valence-electron chi connectivity index (χ2n) is 8.42. The fourth-order valence-electron chi connectivity index (χ4n) is 3.40. The van der Waals surface area contributed by atoms with Crippen molar-refractivity contribution in [3.05, 3.63) is 62.5 Å². The number of thioether (sulfide) groups is 1. The Morgan fingerprint density at radius 1 is 1.12 bits per heavy atom. The van der Waals surface area contributed by atoms with Gasteiger partial charge in [-0.3, -0.25) is 14.7 Å². The number of ether oxygens (including phenoxy) is 2. The van der Waals surface area contributed by atoms with Crippen molar-refractivity contribution in [2.24, 2.45) is 4.99 Å². The quantitative estimate of drug-likeness (QED) is 0.351. The molecule has 33 heavy (non-hydrogen) atoms. The van der Waals surface area contributed by atoms with Crippen LogP contribution in [0.1, 0.15) is 51.3 Å². The molecule has 0 bridgehead atoms. The molecule has 2 aromatic rings. The standard InChI is InChI=1S/C26H31BrN2O3S/c1-7-31-22-12-20(13-24-25(30)29(17(4)5)26(33-24)28-16(2)3)21(27)14-23(22)32-15-19-10-8-9-18(6)11-19/h8-14,16-17H,7,15H2,1-6H3/b24-13+,28-26?. The minimum absolute atomic E-state index is 0.0287. The third-order valence-corrected chi connectivity index (χ3v) is 6.53. The van der Waals surface area contributed by atoms with Crippen molar-refractivity contribution in [3.8, 4) is 11.5 Å². The van der Waals surface area contributed by atoms with Crippen LogP contribution in [0.5, 0.6) is 11.5 Å². The summed E-state index contributed by atoms with van der Waals surface area (Å²) in [6.07, 6.45) is 1.89. The number of aryl methyl sites for hydroxylation is 1. The molecule has 7 heteroatoms. The highest BCUT2D eigenvalue weighted by molar-refractivity contribution is 9.10. The fraction of sp³-hybridized carbons (Fsp3) is 0.385. The van der Waals surface area contributed by atoms with Crippen LogP contribution in [-0.4, -0.2) is 34.7 Å². The zero-order valence-corrected chi connectivity index (χ0v) is 22.4. The van der Waals surface area contributed by atoms with Gasteiger partial charge in [-0.2, -0.15) is 0 Å². The number of halogens is 1. The Hall–Kier alpha value is -2.25. The Morgan fingerprint density at radius 3 is 2.48 bits per heavy atom. The van der Waals surface area contributed by atoms with Gasteiger partial charge in [0.05, 0.1) is 11.5 Å². The second kappa shape index (κ2) is 11.3. The molecule has 1 fully saturated rings. The third-order valence-electron chi connectivity index (χ3n) is 4.85. The SMILES string of the molecule is CCOc1cc(/C=C2/SC(=NC(C)C)N(C(C)C)C2=O)c(Br)cc1OCc1cccc(C)c1. The lowest BCUT2D eigenvalue weighted by atomic mass is 10.1. The van der Waals surface area contributed by atoms with Crippen molar-refractivity contribution in [3.63, 3.8) is 0 Å². The molecule has 1 aliphatic heterocycles. The molecule has 0 saturated carbocycles. The molecule has 0 radical (unpaired) electrons. The first kappa shape index (κ1) is 25.4. The Bertz CT molecular complexity index is 1080. The zero-order chi connectivity index (χ0) is 24.1. The predicted molar refractivity (Wildman–Crippen MR) is 141 cm³/mol. The maximum absolute atomic E-state index is 13.1. The van der Waals surface area contributed by atoms with Gasteiger partial charge in [-0.15, -0.1) is 0 Å². The lowest BCUT2D eigenvalue weighted by Crippen LogP contribution is -2.35. The number of amides is 1. The van der Waals surface area contributed by atoms with Gasteiger partial charge >= 0.3 is 0 Å². The topological polar surface area (TPSA) is 51.1 Å². The summed E-state index contributed by atoms with van der Waals surface area (Å²) in [6.45, 7) is 13.0. The van der Waals surface area contributed by atoms with Crippen LogP contribution >= 0.6 is 27.7 Å². The predicted octanol–water partition coefficient (Wildman–Crippen LogP) is 6.82. The first-order chi connectivity index (χ1) is 15.7. The van der Waals surface area contributed by atoms with Crippen LogP contribution in [0.15, 0.2) is 50.8 Å². The number of amidine groups is 1. The number of rotatable bonds is 8. The summed E-state index contributed by atoms with van der Waals surface area (Å²) >= 11 is 5.07. The molecule has 1 saturated heterocycles. The number of aliphatic imine (C=N–C) groups is 1. The van der Waals surface area contributed by atoms with Gasteiger partial charge in [0.1, 0.15) is 6.61 Å². The molecule has 0 spiro atoms. The van der Waals surface area contributed by atoms with Crippen molar-refractivity contribution in [1.29, 1.82) is 0 Å². The number of hydrogen-bond donors (Lipinski definition) is 0. The highest BCUT2D eigenvalue weighted by atomic mass is 79.9. The van der Waals surface area contributed by atoms with E-state index in [1.165, 1.54) is 17.3 Å². The summed E-state index contributed by atoms with van der Waals surface area (Å²) in [7, 11) is 0. The first-order valence-electron chi connectivity index (χ1n) is 11.1. The molecule has 0 aromatic heterocycles. The van der Waals surface area contributed by atoms with Gasteiger partial charge in [-0.25, -0.2) is 0 Å². The van der Waals surface area contributed by atoms with E-state index in [9.17, 15) is 4.79 Å². The molecule has 2 aromatic carbocycles. The van der Waals surface area contributed by atoms with E-state index >= 15 is 0 Å². The summed E-state index contributed by atoms with van der Waals surface area (Å²) in [5.41, 5.74) is 3.14. The molecule has 0 atom stereocenters. The molecule has 3 rings (SSSR count). The van der Waals surface area contributed by atoms with Gasteiger partial charge in [-0.1, -0.05) is 45.8 Å². The van der Waals surface area contributed by atoms with Crippen LogP contribution in [0.2, 0.25) is 0 Å². The zero-order valence-electron chi connectivity index (χ0n) is 20.0. The van der Waals surface area contributed by atoms with E-state index < -0.39 is 0 Å². The van der Waals surface area contributed by atoms with Gasteiger partial charge in [0, 0.05) is 16.6 Å². The van der Waals surface area contributed by atoms with Gasteiger partial charge < -0.3 is 9.47 Å². The molecular weight excluding hydrogens is 500 g/mol. The molecule has 1 aliphatic rings. The van der Waals surface area contributed by atoms with E-state index in [1.807, 2.05) is 65.0 Å². The Kier molecular flexibility index (Phi) is 8.65. The van der Waals surface area contributed by atoms with Gasteiger partial charge in [-0.05, 0) is 82.6 Å². The minimum Gasteiger partial charge on any atom is -0.490 e. The molecule has 1 amide bonds. The van der Waals surface area contributed by atoms with Gasteiger partial charge in [0.2, 0.25) is 0 Å². The van der Waals surface area contributed by atoms with Crippen molar-refractivity contribution < 1.29 is 14.3 Å². The normalized spacial score (nSPS) is 16.5. The summed E-state index contributed by atoms with van der Waals surface area (Å²) in [5.74, 6) is 1.27. The molecule has 0 aliphatic carbocycles. The first-order valence-corrected chi connectivity index (χ1v) is 12.8. The van der Waals surface area contributed by atoms with E-state index in [1.54, 1.807) is 4.90 Å². The Morgan fingerprint density at radius 2 is 1.85 bits per heavy atom. The molecular formula is C26H31BrN2O3S. The second-order valence-corrected chi connectivity index (χ2v) is 10.3. The monoisotopic (exact) mass is 530 g/mol. The van der Waals surface area contributed by atoms with E-state index in [2.05, 4.69) is 40.0 Å². The lowest BCUT2D eigenvalue weighted by Gasteiger charge is -2.20. The summed E-state index contributed by atoms with van der Waals surface area (Å²) < 4.78 is 12.8. The van der Waals surface area contributed by atoms with Crippen LogP contribution < -0.4 is 9.47 Å². The van der Waals surface area contributed by atoms with Crippen molar-refractivity contribution in [2.75, 3.05) is 6.61 Å². The fourth-order valence-corrected chi connectivity index (χ4v) is 5.06. The van der Waals surface area contributed by atoms with E-state index in [0.29, 0.717) is 29.6 Å². The van der Waals surface area contributed by atoms with E-state index in [0.717, 1.165) is 20.8 Å². The van der Waals surface area contributed by atoms with E-state index in [-0.39, 0.29) is 18.0 Å². The Labute approximate surface area is 209 Å². The highest BCUT2D eigenvalue weighted by Gasteiger charge is 2.35. The lowest BCUT2D eigenvalue weighted by molar-refractivity contribution is -0.123. The van der Waals surface area contributed by atoms with Crippen LogP contribution in [0.3, 0.4) is 0 Å². The minimum atomic E-state index is -0.0287. The van der Waals surface area contributed by atoms with Crippen LogP contribution in [-0.2, 0) is 11.4 Å². The Balaban J connectivity index is 1.91. The molecule has 5 nitrogen and oxygen atoms in total. The number of carbonyl (C=O) groups excluding carboxylic acids is 1. The number of hydrogen-bond acceptors (Lipinski definition) is 5. The van der Waals surface area contributed by atoms with Crippen LogP contribution in [0, 0.1) is 6.92 Å². The molecule has 176 valence electrons. The van der Waals surface area contributed by atoms with Crippen molar-refractivity contribution in [1.82, 2.24) is 4.90 Å². The summed E-state index contributed by atoms with van der Waals surface area (Å²) in [5, 5.41) is 0.746. The average molecular weight is 532 g/mol. The molecule has 0 N–H and O–H groups in total. The van der Waals surface area contributed by atoms with Crippen molar-refractivity contribution in [2.45, 2.75) is 60.2 Å². The highest BCUT2D eigenvalue weighted by Crippen LogP contribution is 2.39. The number of benzene rings is 2. The van der Waals surface area contributed by atoms with Crippen molar-refractivity contribution >= 4 is 44.8 Å². The van der Waals surface area contributed by atoms with Crippen LogP contribution in [0.25, 0.3) is 6.08 Å². The summed E-state index contributed by atoms with van der Waals surface area (Å²) in [4.78, 5) is 20.2. The largest absolute Gasteiger partial charge is 0.490 e.